The van der Waals surface area contributed by atoms with E-state index < -0.39 is 5.60 Å². The molecule has 0 spiro atoms. The Kier molecular flexibility index (Phi) is 5.17. The molecule has 1 unspecified atom stereocenters. The highest BCUT2D eigenvalue weighted by atomic mass is 16.3. The van der Waals surface area contributed by atoms with Gasteiger partial charge in [-0.15, -0.1) is 6.42 Å². The Balaban J connectivity index is 2.85. The lowest BCUT2D eigenvalue weighted by Gasteiger charge is -2.36. The van der Waals surface area contributed by atoms with Gasteiger partial charge in [-0.05, 0) is 43.9 Å². The highest BCUT2D eigenvalue weighted by Gasteiger charge is 2.37. The number of hydrogen-bond donors (Lipinski definition) is 2. The lowest BCUT2D eigenvalue weighted by molar-refractivity contribution is 0.00136. The maximum atomic E-state index is 10.3. The second-order valence-electron chi connectivity index (χ2n) is 5.99. The zero-order valence-electron chi connectivity index (χ0n) is 12.2. The van der Waals surface area contributed by atoms with Gasteiger partial charge in [-0.3, -0.25) is 0 Å². The van der Waals surface area contributed by atoms with Crippen LogP contribution < -0.4 is 5.73 Å². The Morgan fingerprint density at radius 3 is 2.47 bits per heavy atom. The largest absolute Gasteiger partial charge is 0.377 e. The molecule has 0 radical (unpaired) electrons. The van der Waals surface area contributed by atoms with E-state index in [9.17, 15) is 5.11 Å². The molecule has 0 aliphatic carbocycles. The Labute approximate surface area is 117 Å². The molecule has 1 rings (SSSR count). The predicted molar refractivity (Wildman–Crippen MR) is 80.8 cm³/mol. The highest BCUT2D eigenvalue weighted by Crippen LogP contribution is 2.34. The Morgan fingerprint density at radius 1 is 1.26 bits per heavy atom. The number of nitrogens with two attached hydrogens (primary N) is 1. The number of benzene rings is 1. The van der Waals surface area contributed by atoms with Gasteiger partial charge in [-0.1, -0.05) is 44.0 Å². The van der Waals surface area contributed by atoms with Gasteiger partial charge in [0.15, 0.2) is 0 Å². The number of aliphatic hydroxyl groups is 1. The van der Waals surface area contributed by atoms with Gasteiger partial charge in [-0.2, -0.15) is 0 Å². The maximum Gasteiger partial charge on any atom is 0.127 e. The molecule has 1 aromatic rings. The third-order valence-corrected chi connectivity index (χ3v) is 3.91. The van der Waals surface area contributed by atoms with Crippen molar-refractivity contribution in [2.45, 2.75) is 45.6 Å². The minimum Gasteiger partial charge on any atom is -0.377 e. The van der Waals surface area contributed by atoms with Crippen molar-refractivity contribution in [2.75, 3.05) is 6.54 Å². The van der Waals surface area contributed by atoms with Crippen LogP contribution in [0.2, 0.25) is 0 Å². The summed E-state index contributed by atoms with van der Waals surface area (Å²) >= 11 is 0. The normalized spacial score (nSPS) is 14.7. The summed E-state index contributed by atoms with van der Waals surface area (Å²) in [6.07, 6.45) is 8.17. The molecule has 0 bridgehead atoms. The second kappa shape index (κ2) is 6.23. The van der Waals surface area contributed by atoms with Gasteiger partial charge in [-0.25, -0.2) is 0 Å². The van der Waals surface area contributed by atoms with Crippen LogP contribution in [0.1, 0.15) is 38.3 Å². The van der Waals surface area contributed by atoms with Crippen molar-refractivity contribution in [1.82, 2.24) is 0 Å². The number of hydrogen-bond acceptors (Lipinski definition) is 2. The molecule has 0 amide bonds. The molecule has 0 heterocycles. The van der Waals surface area contributed by atoms with Crippen molar-refractivity contribution in [1.29, 1.82) is 0 Å². The monoisotopic (exact) mass is 259 g/mol. The molecule has 0 aliphatic rings. The molecular weight excluding hydrogens is 234 g/mol. The fraction of sp³-hybridized carbons (Fsp3) is 0.529. The Morgan fingerprint density at radius 2 is 1.89 bits per heavy atom. The zero-order valence-corrected chi connectivity index (χ0v) is 12.2. The van der Waals surface area contributed by atoms with Gasteiger partial charge in [0, 0.05) is 5.41 Å². The average molecular weight is 259 g/mol. The van der Waals surface area contributed by atoms with Crippen LogP contribution in [-0.4, -0.2) is 17.3 Å². The summed E-state index contributed by atoms with van der Waals surface area (Å²) in [5, 5.41) is 10.3. The summed E-state index contributed by atoms with van der Waals surface area (Å²) in [5.41, 5.74) is 6.55. The lowest BCUT2D eigenvalue weighted by Crippen LogP contribution is -2.42. The van der Waals surface area contributed by atoms with Crippen molar-refractivity contribution < 1.29 is 5.11 Å². The summed E-state index contributed by atoms with van der Waals surface area (Å²) in [6, 6.07) is 8.44. The van der Waals surface area contributed by atoms with Crippen molar-refractivity contribution >= 4 is 0 Å². The van der Waals surface area contributed by atoms with Crippen LogP contribution in [0.3, 0.4) is 0 Å². The first-order chi connectivity index (χ1) is 8.82. The Hall–Kier alpha value is -1.30. The molecule has 0 saturated heterocycles. The number of rotatable bonds is 6. The molecule has 2 heteroatoms. The summed E-state index contributed by atoms with van der Waals surface area (Å²) in [5.74, 6) is 2.49. The standard InChI is InChI=1S/C17H25NO/c1-5-17(4,19)16(2,3)13-15-9-6-8-14(12-15)10-7-11-18/h1,6,8-9,12,19H,7,10-11,13,18H2,2-4H3. The molecular formula is C17H25NO. The smallest absolute Gasteiger partial charge is 0.127 e. The number of terminal acetylenes is 1. The molecule has 0 aromatic heterocycles. The van der Waals surface area contributed by atoms with E-state index in [0.29, 0.717) is 6.54 Å². The van der Waals surface area contributed by atoms with E-state index in [1.54, 1.807) is 6.92 Å². The third-order valence-electron chi connectivity index (χ3n) is 3.91. The van der Waals surface area contributed by atoms with Crippen LogP contribution in [0.5, 0.6) is 0 Å². The number of aryl methyl sites for hydroxylation is 1. The molecule has 2 nitrogen and oxygen atoms in total. The topological polar surface area (TPSA) is 46.2 Å². The summed E-state index contributed by atoms with van der Waals surface area (Å²) in [4.78, 5) is 0. The van der Waals surface area contributed by atoms with Crippen LogP contribution in [0, 0.1) is 17.8 Å². The lowest BCUT2D eigenvalue weighted by atomic mass is 9.72. The first kappa shape index (κ1) is 15.8. The molecule has 0 aliphatic heterocycles. The Bertz CT molecular complexity index is 455. The summed E-state index contributed by atoms with van der Waals surface area (Å²) in [7, 11) is 0. The quantitative estimate of drug-likeness (QED) is 0.771. The minimum absolute atomic E-state index is 0.367. The van der Waals surface area contributed by atoms with Crippen LogP contribution in [0.4, 0.5) is 0 Å². The second-order valence-corrected chi connectivity index (χ2v) is 5.99. The van der Waals surface area contributed by atoms with Crippen LogP contribution >= 0.6 is 0 Å². The van der Waals surface area contributed by atoms with Gasteiger partial charge in [0.1, 0.15) is 5.60 Å². The van der Waals surface area contributed by atoms with Crippen LogP contribution in [0.15, 0.2) is 24.3 Å². The molecule has 1 atom stereocenters. The first-order valence-corrected chi connectivity index (χ1v) is 6.80. The van der Waals surface area contributed by atoms with E-state index in [-0.39, 0.29) is 5.41 Å². The molecule has 3 N–H and O–H groups in total. The highest BCUT2D eigenvalue weighted by molar-refractivity contribution is 5.26. The van der Waals surface area contributed by atoms with E-state index in [1.807, 2.05) is 13.8 Å². The van der Waals surface area contributed by atoms with Crippen molar-refractivity contribution in [3.63, 3.8) is 0 Å². The van der Waals surface area contributed by atoms with Crippen LogP contribution in [0.25, 0.3) is 0 Å². The summed E-state index contributed by atoms with van der Waals surface area (Å²) in [6.45, 7) is 6.41. The SMILES string of the molecule is C#CC(C)(O)C(C)(C)Cc1cccc(CCCN)c1. The molecule has 0 fully saturated rings. The van der Waals surface area contributed by atoms with Crippen LogP contribution in [-0.2, 0) is 12.8 Å². The van der Waals surface area contributed by atoms with Crippen molar-refractivity contribution in [3.05, 3.63) is 35.4 Å². The molecule has 19 heavy (non-hydrogen) atoms. The first-order valence-electron chi connectivity index (χ1n) is 6.80. The van der Waals surface area contributed by atoms with Gasteiger partial charge in [0.05, 0.1) is 0 Å². The van der Waals surface area contributed by atoms with Gasteiger partial charge in [0.25, 0.3) is 0 Å². The molecule has 1 aromatic carbocycles. The van der Waals surface area contributed by atoms with E-state index >= 15 is 0 Å². The summed E-state index contributed by atoms with van der Waals surface area (Å²) < 4.78 is 0. The molecule has 0 saturated carbocycles. The maximum absolute atomic E-state index is 10.3. The van der Waals surface area contributed by atoms with E-state index in [4.69, 9.17) is 12.2 Å². The van der Waals surface area contributed by atoms with Gasteiger partial charge < -0.3 is 10.8 Å². The van der Waals surface area contributed by atoms with Crippen molar-refractivity contribution in [3.8, 4) is 12.3 Å². The van der Waals surface area contributed by atoms with E-state index in [2.05, 4.69) is 30.2 Å². The fourth-order valence-corrected chi connectivity index (χ4v) is 2.08. The van der Waals surface area contributed by atoms with Gasteiger partial charge in [0.2, 0.25) is 0 Å². The zero-order chi connectivity index (χ0) is 14.5. The van der Waals surface area contributed by atoms with E-state index in [0.717, 1.165) is 19.3 Å². The van der Waals surface area contributed by atoms with Crippen molar-refractivity contribution in [2.24, 2.45) is 11.1 Å². The van der Waals surface area contributed by atoms with E-state index in [1.165, 1.54) is 11.1 Å². The molecule has 104 valence electrons. The van der Waals surface area contributed by atoms with Gasteiger partial charge >= 0.3 is 0 Å². The fourth-order valence-electron chi connectivity index (χ4n) is 2.08. The average Bonchev–Trinajstić information content (AvgIpc) is 2.36. The minimum atomic E-state index is -1.11. The predicted octanol–water partition coefficient (Wildman–Crippen LogP) is 2.53. The third kappa shape index (κ3) is 4.09.